The molecule has 0 fully saturated rings. The fourth-order valence-electron chi connectivity index (χ4n) is 3.46. The summed E-state index contributed by atoms with van der Waals surface area (Å²) in [6, 6.07) is 4.29. The number of carbonyl (C=O) groups excluding carboxylic acids is 1. The van der Waals surface area contributed by atoms with Crippen molar-refractivity contribution in [3.63, 3.8) is 0 Å². The van der Waals surface area contributed by atoms with Crippen molar-refractivity contribution in [3.05, 3.63) is 41.0 Å². The predicted molar refractivity (Wildman–Crippen MR) is 110 cm³/mol. The number of hydrogen-bond donors (Lipinski definition) is 2. The Kier molecular flexibility index (Phi) is 6.76. The van der Waals surface area contributed by atoms with E-state index in [4.69, 9.17) is 8.83 Å². The van der Waals surface area contributed by atoms with Crippen LogP contribution in [-0.4, -0.2) is 53.3 Å². The van der Waals surface area contributed by atoms with Gasteiger partial charge in [0.05, 0.1) is 30.3 Å². The number of furan rings is 2. The number of aliphatic hydroxyl groups is 1. The molecule has 3 heterocycles. The van der Waals surface area contributed by atoms with E-state index in [1.165, 1.54) is 11.2 Å². The lowest BCUT2D eigenvalue weighted by molar-refractivity contribution is 0.0680. The van der Waals surface area contributed by atoms with E-state index in [2.05, 4.69) is 29.1 Å². The summed E-state index contributed by atoms with van der Waals surface area (Å²) in [6.07, 6.45) is 4.07. The van der Waals surface area contributed by atoms with Crippen molar-refractivity contribution in [1.82, 2.24) is 15.1 Å². The van der Waals surface area contributed by atoms with Crippen molar-refractivity contribution >= 4 is 18.1 Å². The highest BCUT2D eigenvalue weighted by molar-refractivity contribution is 5.98. The summed E-state index contributed by atoms with van der Waals surface area (Å²) in [6.45, 7) is 8.19. The summed E-state index contributed by atoms with van der Waals surface area (Å²) in [5, 5.41) is 13.4. The van der Waals surface area contributed by atoms with Crippen LogP contribution in [0, 0.1) is 6.92 Å². The largest absolute Gasteiger partial charge is 0.468 e. The van der Waals surface area contributed by atoms with Crippen LogP contribution in [0.4, 0.5) is 5.88 Å². The fourth-order valence-corrected chi connectivity index (χ4v) is 3.46. The SMILES string of the molecule is CCC(C)N(CCCNC(=O)c1c(C)oc2c1C(O)N(C)C=N2)Cc1ccco1. The third-order valence-corrected chi connectivity index (χ3v) is 5.39. The molecule has 0 aromatic carbocycles. The van der Waals surface area contributed by atoms with Gasteiger partial charge in [-0.05, 0) is 38.8 Å². The number of nitrogens with zero attached hydrogens (tertiary/aromatic N) is 3. The highest BCUT2D eigenvalue weighted by Gasteiger charge is 2.32. The smallest absolute Gasteiger partial charge is 0.255 e. The summed E-state index contributed by atoms with van der Waals surface area (Å²) in [7, 11) is 1.70. The summed E-state index contributed by atoms with van der Waals surface area (Å²) >= 11 is 0. The molecule has 158 valence electrons. The zero-order valence-corrected chi connectivity index (χ0v) is 17.5. The van der Waals surface area contributed by atoms with E-state index in [0.717, 1.165) is 31.7 Å². The zero-order valence-electron chi connectivity index (χ0n) is 17.5. The summed E-state index contributed by atoms with van der Waals surface area (Å²) < 4.78 is 11.0. The van der Waals surface area contributed by atoms with Crippen molar-refractivity contribution < 1.29 is 18.7 Å². The van der Waals surface area contributed by atoms with Gasteiger partial charge in [0.25, 0.3) is 5.91 Å². The first-order chi connectivity index (χ1) is 13.9. The molecule has 0 aliphatic carbocycles. The first-order valence-electron chi connectivity index (χ1n) is 10.0. The van der Waals surface area contributed by atoms with Crippen molar-refractivity contribution in [3.8, 4) is 0 Å². The summed E-state index contributed by atoms with van der Waals surface area (Å²) in [5.74, 6) is 1.43. The third-order valence-electron chi connectivity index (χ3n) is 5.39. The molecule has 1 amide bonds. The van der Waals surface area contributed by atoms with E-state index < -0.39 is 6.23 Å². The Balaban J connectivity index is 1.57. The Morgan fingerprint density at radius 1 is 1.48 bits per heavy atom. The number of carbonyl (C=O) groups is 1. The van der Waals surface area contributed by atoms with Crippen LogP contribution in [0.3, 0.4) is 0 Å². The molecule has 1 aliphatic rings. The molecule has 0 spiro atoms. The van der Waals surface area contributed by atoms with E-state index in [0.29, 0.717) is 35.4 Å². The average molecular weight is 402 g/mol. The van der Waals surface area contributed by atoms with Crippen LogP contribution < -0.4 is 5.32 Å². The van der Waals surface area contributed by atoms with Crippen LogP contribution in [-0.2, 0) is 6.54 Å². The van der Waals surface area contributed by atoms with Crippen molar-refractivity contribution in [1.29, 1.82) is 0 Å². The molecule has 3 rings (SSSR count). The lowest BCUT2D eigenvalue weighted by atomic mass is 10.1. The van der Waals surface area contributed by atoms with E-state index in [9.17, 15) is 9.90 Å². The number of fused-ring (bicyclic) bond motifs is 1. The van der Waals surface area contributed by atoms with Crippen molar-refractivity contribution in [2.24, 2.45) is 4.99 Å². The number of hydrogen-bond acceptors (Lipinski definition) is 7. The topological polar surface area (TPSA) is 94.5 Å². The first-order valence-corrected chi connectivity index (χ1v) is 10.0. The molecule has 2 unspecified atom stereocenters. The van der Waals surface area contributed by atoms with E-state index >= 15 is 0 Å². The second-order valence-corrected chi connectivity index (χ2v) is 7.45. The van der Waals surface area contributed by atoms with E-state index in [1.54, 1.807) is 20.2 Å². The molecule has 29 heavy (non-hydrogen) atoms. The van der Waals surface area contributed by atoms with Gasteiger partial charge in [0, 0.05) is 26.2 Å². The molecule has 8 heteroatoms. The van der Waals surface area contributed by atoms with Gasteiger partial charge in [-0.1, -0.05) is 6.92 Å². The standard InChI is InChI=1S/C21H30N4O4/c1-5-14(2)25(12-16-8-6-11-28-16)10-7-9-22-19(26)17-15(3)29-20-18(17)21(27)24(4)13-23-20/h6,8,11,13-14,21,27H,5,7,9-10,12H2,1-4H3,(H,22,26). The number of aliphatic imine (C=N–C) groups is 1. The number of rotatable bonds is 9. The molecule has 0 saturated carbocycles. The minimum absolute atomic E-state index is 0.252. The van der Waals surface area contributed by atoms with Crippen LogP contribution in [0.1, 0.15) is 60.4 Å². The first kappa shape index (κ1) is 21.1. The highest BCUT2D eigenvalue weighted by atomic mass is 16.4. The Morgan fingerprint density at radius 2 is 2.28 bits per heavy atom. The number of aliphatic hydroxyl groups excluding tert-OH is 1. The summed E-state index contributed by atoms with van der Waals surface area (Å²) in [5.41, 5.74) is 0.787. The third kappa shape index (κ3) is 4.71. The van der Waals surface area contributed by atoms with E-state index in [-0.39, 0.29) is 5.91 Å². The van der Waals surface area contributed by atoms with Crippen LogP contribution in [0.2, 0.25) is 0 Å². The molecule has 0 radical (unpaired) electrons. The number of aryl methyl sites for hydroxylation is 1. The second-order valence-electron chi connectivity index (χ2n) is 7.45. The predicted octanol–water partition coefficient (Wildman–Crippen LogP) is 3.20. The van der Waals surface area contributed by atoms with Gasteiger partial charge in [-0.3, -0.25) is 9.69 Å². The number of amides is 1. The minimum atomic E-state index is -0.949. The molecule has 2 aromatic rings. The molecule has 0 bridgehead atoms. The van der Waals surface area contributed by atoms with Crippen molar-refractivity contribution in [2.75, 3.05) is 20.1 Å². The van der Waals surface area contributed by atoms with Gasteiger partial charge in [0.15, 0.2) is 6.23 Å². The Hall–Kier alpha value is -2.58. The highest BCUT2D eigenvalue weighted by Crippen LogP contribution is 2.37. The van der Waals surface area contributed by atoms with Gasteiger partial charge in [-0.2, -0.15) is 0 Å². The van der Waals surface area contributed by atoms with Gasteiger partial charge >= 0.3 is 0 Å². The maximum absolute atomic E-state index is 12.8. The maximum Gasteiger partial charge on any atom is 0.255 e. The average Bonchev–Trinajstić information content (AvgIpc) is 3.33. The molecule has 2 atom stereocenters. The zero-order chi connectivity index (χ0) is 21.0. The summed E-state index contributed by atoms with van der Waals surface area (Å²) in [4.78, 5) is 20.8. The fraction of sp³-hybridized carbons (Fsp3) is 0.524. The molecule has 8 nitrogen and oxygen atoms in total. The molecule has 1 aliphatic heterocycles. The van der Waals surface area contributed by atoms with Gasteiger partial charge in [0.2, 0.25) is 5.88 Å². The molecule has 0 saturated heterocycles. The Labute approximate surface area is 171 Å². The van der Waals surface area contributed by atoms with Crippen LogP contribution in [0.5, 0.6) is 0 Å². The minimum Gasteiger partial charge on any atom is -0.468 e. The maximum atomic E-state index is 12.8. The number of nitrogens with one attached hydrogen (secondary N) is 1. The Bertz CT molecular complexity index is 843. The monoisotopic (exact) mass is 402 g/mol. The van der Waals surface area contributed by atoms with Gasteiger partial charge < -0.3 is 24.2 Å². The van der Waals surface area contributed by atoms with Crippen LogP contribution in [0.15, 0.2) is 32.2 Å². The molecule has 2 N–H and O–H groups in total. The van der Waals surface area contributed by atoms with Crippen molar-refractivity contribution in [2.45, 2.75) is 52.4 Å². The van der Waals surface area contributed by atoms with Crippen LogP contribution in [0.25, 0.3) is 0 Å². The van der Waals surface area contributed by atoms with Gasteiger partial charge in [0.1, 0.15) is 11.5 Å². The molecular weight excluding hydrogens is 372 g/mol. The van der Waals surface area contributed by atoms with Crippen LogP contribution >= 0.6 is 0 Å². The second kappa shape index (κ2) is 9.28. The van der Waals surface area contributed by atoms with E-state index in [1.807, 2.05) is 12.1 Å². The van der Waals surface area contributed by atoms with Gasteiger partial charge in [-0.25, -0.2) is 4.99 Å². The lowest BCUT2D eigenvalue weighted by Gasteiger charge is -2.27. The lowest BCUT2D eigenvalue weighted by Crippen LogP contribution is -2.35. The Morgan fingerprint density at radius 3 is 2.97 bits per heavy atom. The quantitative estimate of drug-likeness (QED) is 0.626. The van der Waals surface area contributed by atoms with Gasteiger partial charge in [-0.15, -0.1) is 0 Å². The molecular formula is C21H30N4O4. The normalized spacial score (nSPS) is 16.9. The molecule has 2 aromatic heterocycles.